The molecule has 0 N–H and O–H groups in total. The molecule has 0 aromatic heterocycles. The second-order valence-corrected chi connectivity index (χ2v) is 8.56. The van der Waals surface area contributed by atoms with E-state index in [1.165, 1.54) is 24.7 Å². The van der Waals surface area contributed by atoms with Crippen molar-refractivity contribution in [2.45, 2.75) is 32.4 Å². The molecular weight excluding hydrogens is 162 g/mol. The van der Waals surface area contributed by atoms with Crippen molar-refractivity contribution in [1.29, 1.82) is 0 Å². The molecule has 12 heavy (non-hydrogen) atoms. The molecule has 0 amide bonds. The van der Waals surface area contributed by atoms with Crippen LogP contribution in [0.1, 0.15) is 20.3 Å². The quantitative estimate of drug-likeness (QED) is 0.575. The van der Waals surface area contributed by atoms with Crippen LogP contribution in [0.4, 0.5) is 0 Å². The molecule has 0 saturated carbocycles. The van der Waals surface area contributed by atoms with E-state index < -0.39 is 8.07 Å². The van der Waals surface area contributed by atoms with E-state index in [9.17, 15) is 0 Å². The Labute approximate surface area is 78.5 Å². The van der Waals surface area contributed by atoms with Crippen molar-refractivity contribution in [1.82, 2.24) is 4.90 Å². The molecule has 0 aliphatic heterocycles. The van der Waals surface area contributed by atoms with Crippen molar-refractivity contribution in [2.75, 3.05) is 20.3 Å². The summed E-state index contributed by atoms with van der Waals surface area (Å²) in [6, 6.07) is 2.73. The Kier molecular flexibility index (Phi) is 5.50. The lowest BCUT2D eigenvalue weighted by molar-refractivity contribution is 0.469. The Bertz CT molecular complexity index is 134. The normalized spacial score (nSPS) is 16.1. The Hall–Kier alpha value is -0.0831. The zero-order valence-electron chi connectivity index (χ0n) is 9.06. The molecule has 72 valence electrons. The largest absolute Gasteiger partial charge is 0.312 e. The maximum atomic E-state index is 4.01. The molecule has 2 heteroatoms. The standard InChI is InChI=1S/C10H23NSi/c1-6-9-12(7-2,8-3)10-11(4)5/h7H,2,6,8-10H2,1,3-5H3. The Balaban J connectivity index is 4.23. The van der Waals surface area contributed by atoms with Gasteiger partial charge in [-0.2, -0.15) is 0 Å². The fourth-order valence-electron chi connectivity index (χ4n) is 1.81. The summed E-state index contributed by atoms with van der Waals surface area (Å²) < 4.78 is 0. The topological polar surface area (TPSA) is 3.24 Å². The van der Waals surface area contributed by atoms with Gasteiger partial charge in [0.1, 0.15) is 0 Å². The second kappa shape index (κ2) is 5.54. The van der Waals surface area contributed by atoms with E-state index in [1.54, 1.807) is 0 Å². The van der Waals surface area contributed by atoms with E-state index in [-0.39, 0.29) is 0 Å². The molecule has 0 aromatic rings. The summed E-state index contributed by atoms with van der Waals surface area (Å²) in [5.74, 6) is 0. The Morgan fingerprint density at radius 2 is 1.92 bits per heavy atom. The first-order valence-electron chi connectivity index (χ1n) is 4.88. The van der Waals surface area contributed by atoms with Crippen LogP contribution < -0.4 is 0 Å². The van der Waals surface area contributed by atoms with Gasteiger partial charge in [0.15, 0.2) is 0 Å². The van der Waals surface area contributed by atoms with Crippen molar-refractivity contribution in [3.63, 3.8) is 0 Å². The van der Waals surface area contributed by atoms with Crippen LogP contribution in [0, 0.1) is 0 Å². The number of rotatable bonds is 6. The summed E-state index contributed by atoms with van der Waals surface area (Å²) >= 11 is 0. The van der Waals surface area contributed by atoms with Gasteiger partial charge in [0.05, 0.1) is 8.07 Å². The van der Waals surface area contributed by atoms with Gasteiger partial charge in [0.2, 0.25) is 0 Å². The maximum Gasteiger partial charge on any atom is 0.0912 e. The number of nitrogens with zero attached hydrogens (tertiary/aromatic N) is 1. The molecule has 1 unspecified atom stereocenters. The average Bonchev–Trinajstić information content (AvgIpc) is 2.03. The van der Waals surface area contributed by atoms with E-state index in [4.69, 9.17) is 0 Å². The lowest BCUT2D eigenvalue weighted by atomic mass is 10.6. The highest BCUT2D eigenvalue weighted by molar-refractivity contribution is 6.84. The third-order valence-corrected chi connectivity index (χ3v) is 7.55. The highest BCUT2D eigenvalue weighted by Crippen LogP contribution is 2.19. The van der Waals surface area contributed by atoms with Crippen LogP contribution in [-0.4, -0.2) is 33.2 Å². The molecule has 1 nitrogen and oxygen atoms in total. The van der Waals surface area contributed by atoms with Crippen molar-refractivity contribution in [2.24, 2.45) is 0 Å². The van der Waals surface area contributed by atoms with Crippen molar-refractivity contribution in [3.8, 4) is 0 Å². The molecule has 0 aliphatic carbocycles. The SMILES string of the molecule is C=C[Si](CC)(CCC)CN(C)C. The molecule has 0 heterocycles. The van der Waals surface area contributed by atoms with Gasteiger partial charge in [-0.05, 0) is 20.3 Å². The first-order chi connectivity index (χ1) is 5.60. The van der Waals surface area contributed by atoms with Gasteiger partial charge >= 0.3 is 0 Å². The van der Waals surface area contributed by atoms with Crippen LogP contribution in [0.25, 0.3) is 0 Å². The summed E-state index contributed by atoms with van der Waals surface area (Å²) in [7, 11) is 3.21. The van der Waals surface area contributed by atoms with Gasteiger partial charge in [0.25, 0.3) is 0 Å². The van der Waals surface area contributed by atoms with Gasteiger partial charge in [0, 0.05) is 0 Å². The molecule has 0 rings (SSSR count). The fourth-order valence-corrected chi connectivity index (χ4v) is 5.42. The first-order valence-corrected chi connectivity index (χ1v) is 7.58. The predicted molar refractivity (Wildman–Crippen MR) is 60.1 cm³/mol. The van der Waals surface area contributed by atoms with E-state index >= 15 is 0 Å². The maximum absolute atomic E-state index is 4.01. The molecular formula is C10H23NSi. The van der Waals surface area contributed by atoms with Gasteiger partial charge in [-0.15, -0.1) is 12.3 Å². The molecule has 0 saturated heterocycles. The summed E-state index contributed by atoms with van der Waals surface area (Å²) in [4.78, 5) is 2.31. The Morgan fingerprint density at radius 1 is 1.33 bits per heavy atom. The smallest absolute Gasteiger partial charge is 0.0912 e. The molecule has 0 aliphatic rings. The molecule has 0 aromatic carbocycles. The summed E-state index contributed by atoms with van der Waals surface area (Å²) in [6.07, 6.45) is 2.57. The highest BCUT2D eigenvalue weighted by Gasteiger charge is 2.26. The van der Waals surface area contributed by atoms with E-state index in [0.717, 1.165) is 0 Å². The van der Waals surface area contributed by atoms with E-state index in [0.29, 0.717) is 0 Å². The predicted octanol–water partition coefficient (Wildman–Crippen LogP) is 2.69. The lowest BCUT2D eigenvalue weighted by Crippen LogP contribution is -2.42. The molecule has 0 spiro atoms. The Morgan fingerprint density at radius 3 is 2.17 bits per heavy atom. The minimum Gasteiger partial charge on any atom is -0.312 e. The number of hydrogen-bond acceptors (Lipinski definition) is 1. The van der Waals surface area contributed by atoms with Crippen molar-refractivity contribution in [3.05, 3.63) is 12.3 Å². The molecule has 0 bridgehead atoms. The zero-order chi connectivity index (χ0) is 9.61. The van der Waals surface area contributed by atoms with Gasteiger partial charge in [-0.3, -0.25) is 0 Å². The average molecular weight is 185 g/mol. The lowest BCUT2D eigenvalue weighted by Gasteiger charge is -2.29. The van der Waals surface area contributed by atoms with Crippen LogP contribution in [-0.2, 0) is 0 Å². The summed E-state index contributed by atoms with van der Waals surface area (Å²) in [5, 5.41) is 0. The van der Waals surface area contributed by atoms with Crippen LogP contribution in [0.3, 0.4) is 0 Å². The molecule has 0 radical (unpaired) electrons. The zero-order valence-corrected chi connectivity index (χ0v) is 10.1. The van der Waals surface area contributed by atoms with Gasteiger partial charge in [-0.25, -0.2) is 0 Å². The van der Waals surface area contributed by atoms with Crippen LogP contribution >= 0.6 is 0 Å². The van der Waals surface area contributed by atoms with Crippen LogP contribution in [0.5, 0.6) is 0 Å². The van der Waals surface area contributed by atoms with Gasteiger partial charge in [-0.1, -0.05) is 32.4 Å². The van der Waals surface area contributed by atoms with Crippen molar-refractivity contribution >= 4 is 8.07 Å². The van der Waals surface area contributed by atoms with Crippen LogP contribution in [0.15, 0.2) is 12.3 Å². The van der Waals surface area contributed by atoms with E-state index in [2.05, 4.69) is 45.1 Å². The van der Waals surface area contributed by atoms with E-state index in [1.807, 2.05) is 0 Å². The minimum absolute atomic E-state index is 1.12. The third kappa shape index (κ3) is 3.54. The molecule has 1 atom stereocenters. The van der Waals surface area contributed by atoms with Crippen molar-refractivity contribution < 1.29 is 0 Å². The monoisotopic (exact) mass is 185 g/mol. The number of hydrogen-bond donors (Lipinski definition) is 0. The van der Waals surface area contributed by atoms with Crippen LogP contribution in [0.2, 0.25) is 12.1 Å². The van der Waals surface area contributed by atoms with Gasteiger partial charge < -0.3 is 4.90 Å². The first kappa shape index (κ1) is 11.9. The molecule has 0 fully saturated rings. The fraction of sp³-hybridized carbons (Fsp3) is 0.800. The summed E-state index contributed by atoms with van der Waals surface area (Å²) in [5.41, 5.74) is 2.27. The third-order valence-electron chi connectivity index (χ3n) is 2.52. The minimum atomic E-state index is -1.12. The summed E-state index contributed by atoms with van der Waals surface area (Å²) in [6.45, 7) is 8.60. The highest BCUT2D eigenvalue weighted by atomic mass is 28.3. The second-order valence-electron chi connectivity index (χ2n) is 3.91.